The van der Waals surface area contributed by atoms with E-state index in [-0.39, 0.29) is 17.6 Å². The van der Waals surface area contributed by atoms with Crippen molar-refractivity contribution in [1.82, 2.24) is 10.2 Å². The van der Waals surface area contributed by atoms with Gasteiger partial charge in [-0.25, -0.2) is 0 Å². The van der Waals surface area contributed by atoms with E-state index in [0.29, 0.717) is 24.8 Å². The molecule has 1 aromatic carbocycles. The molecule has 29 heavy (non-hydrogen) atoms. The van der Waals surface area contributed by atoms with E-state index < -0.39 is 0 Å². The number of carbonyl (C=O) groups is 1. The Labute approximate surface area is 175 Å². The van der Waals surface area contributed by atoms with Gasteiger partial charge in [-0.2, -0.15) is 5.26 Å². The van der Waals surface area contributed by atoms with Gasteiger partial charge in [0.1, 0.15) is 0 Å². The summed E-state index contributed by atoms with van der Waals surface area (Å²) in [5.41, 5.74) is 1.78. The van der Waals surface area contributed by atoms with E-state index in [0.717, 1.165) is 48.5 Å². The number of fused-ring (bicyclic) bond motifs is 1. The number of nitrogens with zero attached hydrogens (tertiary/aromatic N) is 2. The molecule has 5 nitrogen and oxygen atoms in total. The Kier molecular flexibility index (Phi) is 4.91. The molecule has 2 aromatic rings. The summed E-state index contributed by atoms with van der Waals surface area (Å²) in [6.45, 7) is 3.38. The summed E-state index contributed by atoms with van der Waals surface area (Å²) >= 11 is 1.62. The number of nitriles is 1. The molecule has 0 aliphatic carbocycles. The van der Waals surface area contributed by atoms with Gasteiger partial charge < -0.3 is 10.1 Å². The second-order valence-corrected chi connectivity index (χ2v) is 9.56. The van der Waals surface area contributed by atoms with Crippen LogP contribution >= 0.6 is 11.3 Å². The zero-order valence-electron chi connectivity index (χ0n) is 16.3. The largest absolute Gasteiger partial charge is 0.370 e. The molecule has 5 rings (SSSR count). The number of ether oxygens (including phenoxy) is 1. The van der Waals surface area contributed by atoms with Crippen LogP contribution in [0.1, 0.15) is 28.8 Å². The van der Waals surface area contributed by atoms with Crippen molar-refractivity contribution in [2.24, 2.45) is 11.8 Å². The smallest absolute Gasteiger partial charge is 0.225 e. The molecular weight excluding hydrogens is 382 g/mol. The van der Waals surface area contributed by atoms with Crippen molar-refractivity contribution in [2.75, 3.05) is 19.6 Å². The fraction of sp³-hybridized carbons (Fsp3) is 0.478. The minimum atomic E-state index is -0.0601. The first-order chi connectivity index (χ1) is 14.2. The lowest BCUT2D eigenvalue weighted by Gasteiger charge is -2.29. The van der Waals surface area contributed by atoms with Crippen LogP contribution in [0.25, 0.3) is 0 Å². The molecule has 3 aliphatic heterocycles. The minimum Gasteiger partial charge on any atom is -0.370 e. The topological polar surface area (TPSA) is 65.4 Å². The molecule has 2 bridgehead atoms. The molecule has 1 aromatic heterocycles. The number of nitrogens with one attached hydrogen (secondary N) is 1. The van der Waals surface area contributed by atoms with Crippen LogP contribution < -0.4 is 5.32 Å². The molecule has 1 spiro atoms. The minimum absolute atomic E-state index is 0.0601. The van der Waals surface area contributed by atoms with Crippen LogP contribution in [-0.4, -0.2) is 42.1 Å². The first kappa shape index (κ1) is 18.8. The summed E-state index contributed by atoms with van der Waals surface area (Å²) in [5, 5.41) is 14.6. The molecule has 1 amide bonds. The van der Waals surface area contributed by atoms with Crippen LogP contribution in [0.3, 0.4) is 0 Å². The van der Waals surface area contributed by atoms with E-state index in [1.165, 1.54) is 0 Å². The molecule has 3 fully saturated rings. The number of benzene rings is 1. The van der Waals surface area contributed by atoms with Crippen LogP contribution in [0.15, 0.2) is 41.8 Å². The van der Waals surface area contributed by atoms with Crippen molar-refractivity contribution in [2.45, 2.75) is 37.5 Å². The standard InChI is InChI=1S/C23H25N3O2S/c24-11-16-4-1-2-5-17(16)13-26-14-20-19(21-7-8-23(20,15-26)28-21)12-25-22(27)10-18-6-3-9-29-18/h1-6,9,19-21H,7-8,10,12-15H2,(H,25,27)/t19-,20+,21+,23+/m0/s1. The van der Waals surface area contributed by atoms with Gasteiger partial charge in [-0.1, -0.05) is 24.3 Å². The van der Waals surface area contributed by atoms with Gasteiger partial charge in [0.2, 0.25) is 5.91 Å². The van der Waals surface area contributed by atoms with E-state index in [9.17, 15) is 10.1 Å². The lowest BCUT2D eigenvalue weighted by molar-refractivity contribution is -0.120. The number of hydrogen-bond donors (Lipinski definition) is 1. The number of carbonyl (C=O) groups excluding carboxylic acids is 1. The van der Waals surface area contributed by atoms with Crippen LogP contribution in [0.2, 0.25) is 0 Å². The molecular formula is C23H25N3O2S. The fourth-order valence-electron chi connectivity index (χ4n) is 5.55. The Morgan fingerprint density at radius 1 is 1.34 bits per heavy atom. The molecule has 6 heteroatoms. The Bertz CT molecular complexity index is 938. The van der Waals surface area contributed by atoms with Crippen LogP contribution in [0, 0.1) is 23.2 Å². The quantitative estimate of drug-likeness (QED) is 0.800. The van der Waals surface area contributed by atoms with Crippen molar-refractivity contribution < 1.29 is 9.53 Å². The first-order valence-corrected chi connectivity index (χ1v) is 11.2. The van der Waals surface area contributed by atoms with E-state index in [2.05, 4.69) is 16.3 Å². The van der Waals surface area contributed by atoms with E-state index in [1.807, 2.05) is 41.8 Å². The van der Waals surface area contributed by atoms with Gasteiger partial charge in [0.15, 0.2) is 0 Å². The Morgan fingerprint density at radius 2 is 2.24 bits per heavy atom. The fourth-order valence-corrected chi connectivity index (χ4v) is 6.26. The van der Waals surface area contributed by atoms with E-state index in [1.54, 1.807) is 11.3 Å². The normalized spacial score (nSPS) is 30.2. The van der Waals surface area contributed by atoms with E-state index >= 15 is 0 Å². The molecule has 3 aliphatic rings. The van der Waals surface area contributed by atoms with Crippen LogP contribution in [0.5, 0.6) is 0 Å². The summed E-state index contributed by atoms with van der Waals surface area (Å²) in [6.07, 6.45) is 2.93. The second kappa shape index (κ2) is 7.56. The van der Waals surface area contributed by atoms with Crippen molar-refractivity contribution >= 4 is 17.2 Å². The maximum absolute atomic E-state index is 12.4. The van der Waals surface area contributed by atoms with Crippen molar-refractivity contribution in [3.63, 3.8) is 0 Å². The molecule has 0 radical (unpaired) electrons. The molecule has 1 N–H and O–H groups in total. The zero-order chi connectivity index (χ0) is 19.8. The molecule has 0 saturated carbocycles. The molecule has 0 unspecified atom stereocenters. The Hall–Kier alpha value is -2.20. The Morgan fingerprint density at radius 3 is 3.07 bits per heavy atom. The number of rotatable bonds is 6. The summed E-state index contributed by atoms with van der Waals surface area (Å²) in [7, 11) is 0. The average Bonchev–Trinajstić information content (AvgIpc) is 3.48. The summed E-state index contributed by atoms with van der Waals surface area (Å²) in [6, 6.07) is 14.1. The third-order valence-corrected chi connectivity index (χ3v) is 7.71. The maximum atomic E-state index is 12.4. The lowest BCUT2D eigenvalue weighted by atomic mass is 9.73. The summed E-state index contributed by atoms with van der Waals surface area (Å²) in [4.78, 5) is 15.9. The van der Waals surface area contributed by atoms with Crippen LogP contribution in [0.4, 0.5) is 0 Å². The average molecular weight is 408 g/mol. The van der Waals surface area contributed by atoms with Gasteiger partial charge in [-0.3, -0.25) is 9.69 Å². The zero-order valence-corrected chi connectivity index (χ0v) is 17.2. The SMILES string of the molecule is N#Cc1ccccc1CN1C[C@@H]2[C@H](CNC(=O)Cc3cccs3)[C@H]3CC[C@]2(C1)O3. The number of likely N-dealkylation sites (tertiary alicyclic amines) is 1. The predicted octanol–water partition coefficient (Wildman–Crippen LogP) is 2.96. The lowest BCUT2D eigenvalue weighted by Crippen LogP contribution is -2.42. The second-order valence-electron chi connectivity index (χ2n) is 8.53. The third kappa shape index (κ3) is 3.48. The van der Waals surface area contributed by atoms with E-state index in [4.69, 9.17) is 4.74 Å². The summed E-state index contributed by atoms with van der Waals surface area (Å²) < 4.78 is 6.50. The van der Waals surface area contributed by atoms with Crippen molar-refractivity contribution in [1.29, 1.82) is 5.26 Å². The van der Waals surface area contributed by atoms with Gasteiger partial charge in [0.05, 0.1) is 29.8 Å². The van der Waals surface area contributed by atoms with Gasteiger partial charge >= 0.3 is 0 Å². The third-order valence-electron chi connectivity index (χ3n) is 6.84. The van der Waals surface area contributed by atoms with Crippen molar-refractivity contribution in [3.8, 4) is 6.07 Å². The molecule has 4 heterocycles. The van der Waals surface area contributed by atoms with Gasteiger partial charge in [0, 0.05) is 42.9 Å². The number of thiophene rings is 1. The molecule has 4 atom stereocenters. The van der Waals surface area contributed by atoms with Crippen molar-refractivity contribution in [3.05, 3.63) is 57.8 Å². The highest BCUT2D eigenvalue weighted by Crippen LogP contribution is 2.54. The first-order valence-electron chi connectivity index (χ1n) is 10.3. The monoisotopic (exact) mass is 407 g/mol. The highest BCUT2D eigenvalue weighted by Gasteiger charge is 2.62. The Balaban J connectivity index is 1.23. The van der Waals surface area contributed by atoms with Gasteiger partial charge in [-0.15, -0.1) is 11.3 Å². The summed E-state index contributed by atoms with van der Waals surface area (Å²) in [5.74, 6) is 0.937. The predicted molar refractivity (Wildman–Crippen MR) is 111 cm³/mol. The van der Waals surface area contributed by atoms with Gasteiger partial charge in [-0.05, 0) is 35.9 Å². The number of amides is 1. The number of hydrogen-bond acceptors (Lipinski definition) is 5. The maximum Gasteiger partial charge on any atom is 0.225 e. The molecule has 3 saturated heterocycles. The highest BCUT2D eigenvalue weighted by atomic mass is 32.1. The van der Waals surface area contributed by atoms with Crippen LogP contribution in [-0.2, 0) is 22.5 Å². The highest BCUT2D eigenvalue weighted by molar-refractivity contribution is 7.10. The van der Waals surface area contributed by atoms with Gasteiger partial charge in [0.25, 0.3) is 0 Å². The molecule has 150 valence electrons.